The Morgan fingerprint density at radius 3 is 1.38 bits per heavy atom. The lowest BCUT2D eigenvalue weighted by Crippen LogP contribution is -2.27. The smallest absolute Gasteiger partial charge is 0.412 e. The first-order valence-electron chi connectivity index (χ1n) is 18.4. The van der Waals surface area contributed by atoms with Crippen LogP contribution in [0.15, 0.2) is 59.1 Å². The third-order valence-corrected chi connectivity index (χ3v) is 8.96. The summed E-state index contributed by atoms with van der Waals surface area (Å²) in [5, 5.41) is 14.2. The van der Waals surface area contributed by atoms with E-state index in [-0.39, 0.29) is 0 Å². The summed E-state index contributed by atoms with van der Waals surface area (Å²) in [7, 11) is 8.60. The average molecular weight is 865 g/mol. The zero-order valence-electron chi connectivity index (χ0n) is 36.3. The minimum atomic E-state index is -0.554. The van der Waals surface area contributed by atoms with Crippen molar-refractivity contribution >= 4 is 45.2 Å². The second kappa shape index (κ2) is 19.6. The van der Waals surface area contributed by atoms with Gasteiger partial charge in [0.1, 0.15) is 28.5 Å². The predicted molar refractivity (Wildman–Crippen MR) is 234 cm³/mol. The van der Waals surface area contributed by atoms with Crippen LogP contribution in [0.4, 0.5) is 26.7 Å². The number of nitrogens with one attached hydrogen (secondary N) is 2. The molecule has 0 unspecified atom stereocenters. The normalized spacial score (nSPS) is 11.0. The molecule has 0 aliphatic rings. The van der Waals surface area contributed by atoms with Gasteiger partial charge < -0.3 is 29.4 Å². The van der Waals surface area contributed by atoms with Crippen LogP contribution >= 0.6 is 15.9 Å². The summed E-state index contributed by atoms with van der Waals surface area (Å²) in [6.45, 7) is 18.9. The van der Waals surface area contributed by atoms with Crippen LogP contribution < -0.4 is 30.6 Å². The molecule has 0 saturated carbocycles. The lowest BCUT2D eigenvalue weighted by atomic mass is 10.0. The Morgan fingerprint density at radius 2 is 1.00 bits per heavy atom. The molecule has 15 heteroatoms. The van der Waals surface area contributed by atoms with Gasteiger partial charge in [-0.05, 0) is 123 Å². The minimum absolute atomic E-state index is 0.502. The maximum atomic E-state index is 12.0. The van der Waals surface area contributed by atoms with E-state index in [0.29, 0.717) is 34.3 Å². The van der Waals surface area contributed by atoms with E-state index in [1.54, 1.807) is 33.5 Å². The summed E-state index contributed by atoms with van der Waals surface area (Å²) < 4.78 is 30.9. The number of methoxy groups -OCH3 is 3. The molecule has 0 spiro atoms. The average Bonchev–Trinajstić information content (AvgIpc) is 3.53. The number of benzene rings is 3. The van der Waals surface area contributed by atoms with Gasteiger partial charge in [0, 0.05) is 41.1 Å². The summed E-state index contributed by atoms with van der Waals surface area (Å²) in [5.74, 6) is 1.84. The summed E-state index contributed by atoms with van der Waals surface area (Å²) in [6.07, 6.45) is -1.01. The molecule has 58 heavy (non-hydrogen) atoms. The number of hydrogen-bond donors (Lipinski definition) is 3. The number of anilines is 3. The third-order valence-electron chi connectivity index (χ3n) is 8.47. The Labute approximate surface area is 350 Å². The highest BCUT2D eigenvalue weighted by Gasteiger charge is 2.20. The maximum Gasteiger partial charge on any atom is 0.412 e. The zero-order valence-corrected chi connectivity index (χ0v) is 37.9. The summed E-state index contributed by atoms with van der Waals surface area (Å²) in [6, 6.07) is 16.8. The van der Waals surface area contributed by atoms with E-state index in [0.717, 1.165) is 49.5 Å². The van der Waals surface area contributed by atoms with Gasteiger partial charge in [-0.2, -0.15) is 10.2 Å². The molecule has 5 aromatic rings. The minimum Gasteiger partial charge on any atom is -0.495 e. The van der Waals surface area contributed by atoms with E-state index in [2.05, 4.69) is 43.7 Å². The molecule has 2 heterocycles. The van der Waals surface area contributed by atoms with E-state index in [1.165, 1.54) is 0 Å². The third kappa shape index (κ3) is 12.9. The van der Waals surface area contributed by atoms with Crippen molar-refractivity contribution in [3.63, 3.8) is 0 Å². The molecule has 0 atom stereocenters. The van der Waals surface area contributed by atoms with Crippen LogP contribution in [0.1, 0.15) is 64.3 Å². The van der Waals surface area contributed by atoms with Gasteiger partial charge in [0.15, 0.2) is 0 Å². The van der Waals surface area contributed by atoms with Gasteiger partial charge in [0.25, 0.3) is 0 Å². The van der Waals surface area contributed by atoms with Crippen LogP contribution in [-0.4, -0.2) is 64.3 Å². The van der Waals surface area contributed by atoms with Gasteiger partial charge in [-0.3, -0.25) is 20.0 Å². The Balaban J connectivity index is 0.000000238. The molecule has 14 nitrogen and oxygen atoms in total. The molecule has 2 aromatic heterocycles. The summed E-state index contributed by atoms with van der Waals surface area (Å²) in [5.41, 5.74) is 15.0. The van der Waals surface area contributed by atoms with Crippen LogP contribution in [0, 0.1) is 27.7 Å². The lowest BCUT2D eigenvalue weighted by Gasteiger charge is -2.20. The number of nitrogens with zero attached hydrogens (tertiary/aromatic N) is 4. The number of nitrogens with two attached hydrogens (primary N) is 1. The van der Waals surface area contributed by atoms with Crippen molar-refractivity contribution in [1.82, 2.24) is 19.6 Å². The van der Waals surface area contributed by atoms with E-state index in [9.17, 15) is 9.59 Å². The van der Waals surface area contributed by atoms with Crippen LogP contribution in [0.3, 0.4) is 0 Å². The van der Waals surface area contributed by atoms with Crippen LogP contribution in [0.5, 0.6) is 17.2 Å². The summed E-state index contributed by atoms with van der Waals surface area (Å²) >= 11 is 3.33. The molecule has 0 saturated heterocycles. The van der Waals surface area contributed by atoms with Crippen molar-refractivity contribution in [3.05, 3.63) is 81.8 Å². The first-order valence-corrected chi connectivity index (χ1v) is 19.2. The number of nitrogen functional groups attached to an aromatic ring is 1. The van der Waals surface area contributed by atoms with Gasteiger partial charge in [0.05, 0.1) is 49.8 Å². The number of carbonyl (C=O) groups is 2. The summed E-state index contributed by atoms with van der Waals surface area (Å²) in [4.78, 5) is 23.5. The van der Waals surface area contributed by atoms with Gasteiger partial charge >= 0.3 is 12.2 Å². The molecule has 4 N–H and O–H groups in total. The topological polar surface area (TPSA) is 166 Å². The van der Waals surface area contributed by atoms with E-state index >= 15 is 0 Å². The van der Waals surface area contributed by atoms with Crippen LogP contribution in [0.25, 0.3) is 22.3 Å². The SMILES string of the molecule is COc1cc(-c2c(C)nn(C)c2C)ccc1N.COc1cc(-c2c(C)nn(C)c2C)ccc1NC(=O)OC(C)(C)C.COc1cc(Br)ccc1NC(=O)OC(C)(C)C. The van der Waals surface area contributed by atoms with Gasteiger partial charge in [0.2, 0.25) is 0 Å². The van der Waals surface area contributed by atoms with Crippen molar-refractivity contribution < 1.29 is 33.3 Å². The molecule has 0 radical (unpaired) electrons. The van der Waals surface area contributed by atoms with Crippen molar-refractivity contribution in [2.45, 2.75) is 80.4 Å². The quantitative estimate of drug-likeness (QED) is 0.134. The number of rotatable bonds is 7. The van der Waals surface area contributed by atoms with Crippen molar-refractivity contribution in [2.24, 2.45) is 14.1 Å². The molecule has 0 bridgehead atoms. The molecular weight excluding hydrogens is 806 g/mol. The Bertz CT molecular complexity index is 2220. The standard InChI is InChI=1S/C18H25N3O3.C13H17N3O.C12H16BrNO3/c1-11-16(12(2)21(6)20-11)13-8-9-14(15(10-13)23-7)19-17(22)24-18(3,4)5;1-8-13(9(2)16(3)15-8)10-5-6-11(14)12(7-10)17-4;1-12(2,3)17-11(15)14-9-6-5-8(13)7-10(9)16-4/h8-10H,1-7H3,(H,19,22);5-7H,14H2,1-4H3;5-7H,1-4H3,(H,14,15). The lowest BCUT2D eigenvalue weighted by molar-refractivity contribution is 0.0624. The van der Waals surface area contributed by atoms with Crippen LogP contribution in [0.2, 0.25) is 0 Å². The molecule has 2 amide bonds. The number of hydrogen-bond acceptors (Lipinski definition) is 10. The second-order valence-corrected chi connectivity index (χ2v) is 16.2. The molecular formula is C43H58BrN7O7. The first-order chi connectivity index (χ1) is 27.0. The number of aromatic nitrogens is 4. The fraction of sp³-hybridized carbons (Fsp3) is 0.395. The fourth-order valence-electron chi connectivity index (χ4n) is 5.79. The Hall–Kier alpha value is -5.70. The fourth-order valence-corrected chi connectivity index (χ4v) is 6.13. The molecule has 314 valence electrons. The predicted octanol–water partition coefficient (Wildman–Crippen LogP) is 10.2. The highest BCUT2D eigenvalue weighted by atomic mass is 79.9. The molecule has 0 aliphatic carbocycles. The van der Waals surface area contributed by atoms with E-state index in [4.69, 9.17) is 29.4 Å². The Kier molecular flexibility index (Phi) is 15.8. The monoisotopic (exact) mass is 863 g/mol. The van der Waals surface area contributed by atoms with Crippen molar-refractivity contribution in [3.8, 4) is 39.5 Å². The highest BCUT2D eigenvalue weighted by molar-refractivity contribution is 9.10. The van der Waals surface area contributed by atoms with Gasteiger partial charge in [-0.1, -0.05) is 28.1 Å². The molecule has 0 fully saturated rings. The number of ether oxygens (including phenoxy) is 5. The number of halogens is 1. The van der Waals surface area contributed by atoms with Crippen molar-refractivity contribution in [1.29, 1.82) is 0 Å². The molecule has 0 aliphatic heterocycles. The Morgan fingerprint density at radius 1 is 0.621 bits per heavy atom. The number of amides is 2. The zero-order chi connectivity index (χ0) is 43.7. The second-order valence-electron chi connectivity index (χ2n) is 15.3. The van der Waals surface area contributed by atoms with Gasteiger partial charge in [-0.25, -0.2) is 9.59 Å². The van der Waals surface area contributed by atoms with E-state index in [1.807, 2.05) is 128 Å². The van der Waals surface area contributed by atoms with Crippen molar-refractivity contribution in [2.75, 3.05) is 37.7 Å². The number of carbonyl (C=O) groups excluding carboxylic acids is 2. The first kappa shape index (κ1) is 46.7. The van der Waals surface area contributed by atoms with Crippen LogP contribution in [-0.2, 0) is 23.6 Å². The largest absolute Gasteiger partial charge is 0.495 e. The number of aryl methyl sites for hydroxylation is 4. The van der Waals surface area contributed by atoms with Gasteiger partial charge in [-0.15, -0.1) is 0 Å². The molecule has 3 aromatic carbocycles. The highest BCUT2D eigenvalue weighted by Crippen LogP contribution is 2.35. The maximum absolute atomic E-state index is 12.0. The van der Waals surface area contributed by atoms with E-state index < -0.39 is 23.4 Å². The molecule has 5 rings (SSSR count).